The Morgan fingerprint density at radius 1 is 1.42 bits per heavy atom. The van der Waals surface area contributed by atoms with Crippen LogP contribution in [0.1, 0.15) is 44.0 Å². The van der Waals surface area contributed by atoms with Crippen molar-refractivity contribution in [3.05, 3.63) is 29.6 Å². The normalized spacial score (nSPS) is 13.9. The van der Waals surface area contributed by atoms with Crippen LogP contribution in [0.4, 0.5) is 5.13 Å². The number of rotatable bonds is 7. The van der Waals surface area contributed by atoms with Gasteiger partial charge in [-0.3, -0.25) is 4.79 Å². The van der Waals surface area contributed by atoms with Gasteiger partial charge in [0.1, 0.15) is 5.78 Å². The SMILES string of the molecule is CCC[C@H](C(C)=O)[C@H](Cc1cccc2sc(N)nc12)c1nn[nH]n1. The summed E-state index contributed by atoms with van der Waals surface area (Å²) in [6, 6.07) is 6.02. The molecular formula is C16H20N6OS. The van der Waals surface area contributed by atoms with Crippen LogP contribution in [0.2, 0.25) is 0 Å². The lowest BCUT2D eigenvalue weighted by Crippen LogP contribution is -2.23. The largest absolute Gasteiger partial charge is 0.375 e. The van der Waals surface area contributed by atoms with E-state index in [1.54, 1.807) is 6.92 Å². The molecule has 3 rings (SSSR count). The second-order valence-corrected chi connectivity index (χ2v) is 6.96. The number of fused-ring (bicyclic) bond motifs is 1. The van der Waals surface area contributed by atoms with Crippen molar-refractivity contribution in [2.45, 2.75) is 39.0 Å². The molecule has 3 aromatic rings. The van der Waals surface area contributed by atoms with Crippen LogP contribution in [0.3, 0.4) is 0 Å². The number of para-hydroxylation sites is 1. The van der Waals surface area contributed by atoms with E-state index in [0.29, 0.717) is 17.4 Å². The highest BCUT2D eigenvalue weighted by molar-refractivity contribution is 7.22. The van der Waals surface area contributed by atoms with E-state index in [4.69, 9.17) is 5.73 Å². The van der Waals surface area contributed by atoms with Gasteiger partial charge in [-0.05, 0) is 31.4 Å². The predicted octanol–water partition coefficient (Wildman–Crippen LogP) is 2.72. The number of hydrogen-bond acceptors (Lipinski definition) is 7. The smallest absolute Gasteiger partial charge is 0.181 e. The lowest BCUT2D eigenvalue weighted by Gasteiger charge is -2.22. The average Bonchev–Trinajstić information content (AvgIpc) is 3.19. The Kier molecular flexibility index (Phi) is 4.84. The molecule has 1 aromatic carbocycles. The summed E-state index contributed by atoms with van der Waals surface area (Å²) in [7, 11) is 0. The molecule has 2 heterocycles. The molecule has 8 heteroatoms. The topological polar surface area (TPSA) is 110 Å². The van der Waals surface area contributed by atoms with Crippen molar-refractivity contribution in [1.82, 2.24) is 25.6 Å². The van der Waals surface area contributed by atoms with Crippen LogP contribution in [0.5, 0.6) is 0 Å². The first-order valence-corrected chi connectivity index (χ1v) is 8.79. The van der Waals surface area contributed by atoms with Crippen LogP contribution in [-0.4, -0.2) is 31.4 Å². The first kappa shape index (κ1) is 16.5. The number of hydrogen-bond donors (Lipinski definition) is 2. The molecule has 2 atom stereocenters. The van der Waals surface area contributed by atoms with Gasteiger partial charge >= 0.3 is 0 Å². The molecule has 0 radical (unpaired) electrons. The van der Waals surface area contributed by atoms with Crippen molar-refractivity contribution < 1.29 is 4.79 Å². The molecule has 0 saturated carbocycles. The van der Waals surface area contributed by atoms with Crippen molar-refractivity contribution in [2.75, 3.05) is 5.73 Å². The minimum Gasteiger partial charge on any atom is -0.375 e. The number of nitrogens with zero attached hydrogens (tertiary/aromatic N) is 4. The third-order valence-corrected chi connectivity index (χ3v) is 5.11. The maximum absolute atomic E-state index is 12.2. The van der Waals surface area contributed by atoms with Crippen molar-refractivity contribution in [3.63, 3.8) is 0 Å². The molecule has 0 fully saturated rings. The maximum Gasteiger partial charge on any atom is 0.181 e. The van der Waals surface area contributed by atoms with E-state index >= 15 is 0 Å². The summed E-state index contributed by atoms with van der Waals surface area (Å²) in [5.74, 6) is 0.453. The van der Waals surface area contributed by atoms with Crippen LogP contribution in [-0.2, 0) is 11.2 Å². The van der Waals surface area contributed by atoms with Crippen molar-refractivity contribution in [2.24, 2.45) is 5.92 Å². The highest BCUT2D eigenvalue weighted by Gasteiger charge is 2.30. The molecule has 3 N–H and O–H groups in total. The number of carbonyl (C=O) groups excluding carboxylic acids is 1. The molecule has 2 aromatic heterocycles. The first-order valence-electron chi connectivity index (χ1n) is 7.97. The van der Waals surface area contributed by atoms with Gasteiger partial charge in [0.15, 0.2) is 11.0 Å². The monoisotopic (exact) mass is 344 g/mol. The van der Waals surface area contributed by atoms with E-state index in [-0.39, 0.29) is 17.6 Å². The number of anilines is 1. The second-order valence-electron chi connectivity index (χ2n) is 5.90. The number of nitrogens with two attached hydrogens (primary N) is 1. The van der Waals surface area contributed by atoms with Gasteiger partial charge in [0.2, 0.25) is 0 Å². The van der Waals surface area contributed by atoms with Crippen LogP contribution in [0.15, 0.2) is 18.2 Å². The molecule has 24 heavy (non-hydrogen) atoms. The van der Waals surface area contributed by atoms with Gasteiger partial charge in [0.25, 0.3) is 0 Å². The minimum atomic E-state index is -0.140. The second kappa shape index (κ2) is 7.04. The number of H-pyrrole nitrogens is 1. The molecule has 0 amide bonds. The summed E-state index contributed by atoms with van der Waals surface area (Å²) in [5.41, 5.74) is 7.80. The third kappa shape index (κ3) is 3.28. The molecule has 0 bridgehead atoms. The van der Waals surface area contributed by atoms with Crippen molar-refractivity contribution in [3.8, 4) is 0 Å². The predicted molar refractivity (Wildman–Crippen MR) is 93.7 cm³/mol. The van der Waals surface area contributed by atoms with Gasteiger partial charge in [-0.2, -0.15) is 5.21 Å². The number of Topliss-reactive ketones (excluding diaryl/α,β-unsaturated/α-hetero) is 1. The average molecular weight is 344 g/mol. The zero-order valence-electron chi connectivity index (χ0n) is 13.7. The van der Waals surface area contributed by atoms with E-state index in [2.05, 4.69) is 32.5 Å². The Balaban J connectivity index is 2.01. The number of benzene rings is 1. The molecule has 7 nitrogen and oxygen atoms in total. The zero-order valence-corrected chi connectivity index (χ0v) is 14.5. The summed E-state index contributed by atoms with van der Waals surface area (Å²) >= 11 is 1.47. The summed E-state index contributed by atoms with van der Waals surface area (Å²) in [6.07, 6.45) is 2.35. The molecule has 126 valence electrons. The first-order chi connectivity index (χ1) is 11.6. The van der Waals surface area contributed by atoms with Crippen LogP contribution >= 0.6 is 11.3 Å². The lowest BCUT2D eigenvalue weighted by atomic mass is 9.81. The summed E-state index contributed by atoms with van der Waals surface area (Å²) in [5, 5.41) is 15.0. The van der Waals surface area contributed by atoms with Gasteiger partial charge in [-0.25, -0.2) is 4.98 Å². The number of nitrogens with one attached hydrogen (secondary N) is 1. The van der Waals surface area contributed by atoms with Crippen LogP contribution in [0, 0.1) is 5.92 Å². The quantitative estimate of drug-likeness (QED) is 0.682. The van der Waals surface area contributed by atoms with Crippen molar-refractivity contribution in [1.29, 1.82) is 0 Å². The fourth-order valence-corrected chi connectivity index (χ4v) is 3.95. The number of nitrogen functional groups attached to an aromatic ring is 1. The Morgan fingerprint density at radius 2 is 2.25 bits per heavy atom. The fraction of sp³-hybridized carbons (Fsp3) is 0.438. The maximum atomic E-state index is 12.2. The molecule has 0 saturated heterocycles. The molecule has 0 aliphatic carbocycles. The molecule has 0 unspecified atom stereocenters. The van der Waals surface area contributed by atoms with Crippen LogP contribution in [0.25, 0.3) is 10.2 Å². The van der Waals surface area contributed by atoms with Gasteiger partial charge < -0.3 is 5.73 Å². The van der Waals surface area contributed by atoms with Gasteiger partial charge in [0.05, 0.1) is 10.2 Å². The fourth-order valence-electron chi connectivity index (χ4n) is 3.16. The van der Waals surface area contributed by atoms with E-state index < -0.39 is 0 Å². The summed E-state index contributed by atoms with van der Waals surface area (Å²) in [4.78, 5) is 16.7. The van der Waals surface area contributed by atoms with Crippen LogP contribution < -0.4 is 5.73 Å². The Labute approximate surface area is 143 Å². The minimum absolute atomic E-state index is 0.130. The van der Waals surface area contributed by atoms with Gasteiger partial charge in [-0.1, -0.05) is 42.0 Å². The number of aromatic nitrogens is 5. The highest BCUT2D eigenvalue weighted by Crippen LogP contribution is 2.34. The number of aromatic amines is 1. The van der Waals surface area contributed by atoms with E-state index in [9.17, 15) is 4.79 Å². The molecule has 0 aliphatic heterocycles. The third-order valence-electron chi connectivity index (χ3n) is 4.26. The molecular weight excluding hydrogens is 324 g/mol. The Bertz CT molecular complexity index is 828. The Hall–Kier alpha value is -2.35. The summed E-state index contributed by atoms with van der Waals surface area (Å²) in [6.45, 7) is 3.71. The number of ketones is 1. The zero-order chi connectivity index (χ0) is 17.1. The van der Waals surface area contributed by atoms with E-state index in [1.807, 2.05) is 18.2 Å². The van der Waals surface area contributed by atoms with E-state index in [1.165, 1.54) is 11.3 Å². The van der Waals surface area contributed by atoms with E-state index in [0.717, 1.165) is 28.6 Å². The number of carbonyl (C=O) groups is 1. The lowest BCUT2D eigenvalue weighted by molar-refractivity contribution is -0.121. The molecule has 0 aliphatic rings. The summed E-state index contributed by atoms with van der Waals surface area (Å²) < 4.78 is 1.05. The number of tetrazole rings is 1. The highest BCUT2D eigenvalue weighted by atomic mass is 32.1. The van der Waals surface area contributed by atoms with Gasteiger partial charge in [0, 0.05) is 11.8 Å². The molecule has 0 spiro atoms. The number of thiazole rings is 1. The Morgan fingerprint density at radius 3 is 2.92 bits per heavy atom. The van der Waals surface area contributed by atoms with Crippen molar-refractivity contribution >= 4 is 32.5 Å². The van der Waals surface area contributed by atoms with Gasteiger partial charge in [-0.15, -0.1) is 10.2 Å². The standard InChI is InChI=1S/C16H20N6OS/c1-3-5-11(9(2)23)12(15-19-21-22-20-15)8-10-6-4-7-13-14(10)18-16(17)24-13/h4,6-7,11-12H,3,5,8H2,1-2H3,(H2,17,18)(H,19,20,21,22)/t11-,12+/m1/s1.